The van der Waals surface area contributed by atoms with E-state index in [2.05, 4.69) is 63.5 Å². The van der Waals surface area contributed by atoms with Gasteiger partial charge in [0.2, 0.25) is 5.95 Å². The summed E-state index contributed by atoms with van der Waals surface area (Å²) >= 11 is 0. The van der Waals surface area contributed by atoms with E-state index in [1.807, 2.05) is 6.92 Å². The molecule has 100 valence electrons. The van der Waals surface area contributed by atoms with Crippen LogP contribution in [0.15, 0.2) is 48.7 Å². The predicted molar refractivity (Wildman–Crippen MR) is 82.5 cm³/mol. The molecule has 0 amide bonds. The summed E-state index contributed by atoms with van der Waals surface area (Å²) in [4.78, 5) is 4.60. The molecule has 1 aromatic heterocycles. The second kappa shape index (κ2) is 4.37. The van der Waals surface area contributed by atoms with E-state index >= 15 is 0 Å². The van der Waals surface area contributed by atoms with Gasteiger partial charge >= 0.3 is 0 Å². The van der Waals surface area contributed by atoms with Crippen LogP contribution in [0.3, 0.4) is 0 Å². The highest BCUT2D eigenvalue weighted by Gasteiger charge is 2.23. The van der Waals surface area contributed by atoms with Crippen LogP contribution in [0.25, 0.3) is 16.5 Å². The Bertz CT molecular complexity index is 769. The number of hydrogen-bond acceptors (Lipinski definition) is 2. The minimum atomic E-state index is 0.607. The number of nitrogens with one attached hydrogen (secondary N) is 1. The van der Waals surface area contributed by atoms with Crippen molar-refractivity contribution in [3.05, 3.63) is 54.4 Å². The maximum Gasteiger partial charge on any atom is 0.207 e. The van der Waals surface area contributed by atoms with Crippen LogP contribution >= 0.6 is 0 Å². The van der Waals surface area contributed by atoms with Crippen molar-refractivity contribution >= 4 is 16.7 Å². The fourth-order valence-corrected chi connectivity index (χ4v) is 2.53. The molecular weight excluding hydrogens is 246 g/mol. The van der Waals surface area contributed by atoms with Gasteiger partial charge in [-0.15, -0.1) is 0 Å². The third-order valence-corrected chi connectivity index (χ3v) is 3.75. The van der Waals surface area contributed by atoms with Crippen LogP contribution in [-0.4, -0.2) is 15.6 Å². The first kappa shape index (κ1) is 11.5. The van der Waals surface area contributed by atoms with Gasteiger partial charge in [-0.2, -0.15) is 0 Å². The molecule has 0 radical (unpaired) electrons. The molecule has 3 nitrogen and oxygen atoms in total. The lowest BCUT2D eigenvalue weighted by molar-refractivity contribution is 1.00. The van der Waals surface area contributed by atoms with Crippen LogP contribution in [0, 0.1) is 6.92 Å². The van der Waals surface area contributed by atoms with Gasteiger partial charge in [0.15, 0.2) is 0 Å². The van der Waals surface area contributed by atoms with E-state index in [9.17, 15) is 0 Å². The van der Waals surface area contributed by atoms with Crippen molar-refractivity contribution in [2.75, 3.05) is 5.32 Å². The standard InChI is InChI=1S/C17H17N3/c1-12-11-20(17(18-12)19-15-7-8-15)16-9-6-13-4-2-3-5-14(13)10-16/h2-6,9-11,15H,7-8H2,1H3,(H,18,19). The second-order valence-corrected chi connectivity index (χ2v) is 5.53. The van der Waals surface area contributed by atoms with Crippen LogP contribution in [0.5, 0.6) is 0 Å². The third kappa shape index (κ3) is 2.05. The molecule has 1 N–H and O–H groups in total. The van der Waals surface area contributed by atoms with Crippen LogP contribution in [-0.2, 0) is 0 Å². The summed E-state index contributed by atoms with van der Waals surface area (Å²) < 4.78 is 2.15. The van der Waals surface area contributed by atoms with Gasteiger partial charge in [-0.25, -0.2) is 4.98 Å². The van der Waals surface area contributed by atoms with E-state index in [-0.39, 0.29) is 0 Å². The number of anilines is 1. The van der Waals surface area contributed by atoms with Crippen molar-refractivity contribution in [1.82, 2.24) is 9.55 Å². The van der Waals surface area contributed by atoms with Crippen LogP contribution in [0.4, 0.5) is 5.95 Å². The molecule has 1 fully saturated rings. The average molecular weight is 263 g/mol. The van der Waals surface area contributed by atoms with E-state index in [0.717, 1.165) is 17.3 Å². The predicted octanol–water partition coefficient (Wildman–Crippen LogP) is 3.91. The quantitative estimate of drug-likeness (QED) is 0.776. The van der Waals surface area contributed by atoms with Crippen LogP contribution < -0.4 is 5.32 Å². The van der Waals surface area contributed by atoms with Crippen molar-refractivity contribution in [2.24, 2.45) is 0 Å². The minimum absolute atomic E-state index is 0.607. The smallest absolute Gasteiger partial charge is 0.207 e. The van der Waals surface area contributed by atoms with E-state index in [1.54, 1.807) is 0 Å². The molecule has 0 bridgehead atoms. The molecule has 0 saturated heterocycles. The lowest BCUT2D eigenvalue weighted by Gasteiger charge is -2.10. The molecule has 0 aliphatic heterocycles. The highest BCUT2D eigenvalue weighted by molar-refractivity contribution is 5.84. The number of hydrogen-bond donors (Lipinski definition) is 1. The Morgan fingerprint density at radius 1 is 1.10 bits per heavy atom. The Kier molecular flexibility index (Phi) is 2.52. The fraction of sp³-hybridized carbons (Fsp3) is 0.235. The maximum absolute atomic E-state index is 4.60. The average Bonchev–Trinajstić information content (AvgIpc) is 3.20. The first-order chi connectivity index (χ1) is 9.79. The highest BCUT2D eigenvalue weighted by Crippen LogP contribution is 2.27. The zero-order chi connectivity index (χ0) is 13.5. The van der Waals surface area contributed by atoms with E-state index in [4.69, 9.17) is 0 Å². The van der Waals surface area contributed by atoms with Gasteiger partial charge in [0, 0.05) is 17.9 Å². The molecule has 1 heterocycles. The largest absolute Gasteiger partial charge is 0.353 e. The summed E-state index contributed by atoms with van der Waals surface area (Å²) in [6, 6.07) is 15.6. The van der Waals surface area contributed by atoms with Crippen molar-refractivity contribution in [1.29, 1.82) is 0 Å². The number of rotatable bonds is 3. The van der Waals surface area contributed by atoms with Crippen molar-refractivity contribution < 1.29 is 0 Å². The van der Waals surface area contributed by atoms with Gasteiger partial charge in [0.05, 0.1) is 5.69 Å². The molecule has 1 aliphatic rings. The van der Waals surface area contributed by atoms with Crippen LogP contribution in [0.2, 0.25) is 0 Å². The highest BCUT2D eigenvalue weighted by atomic mass is 15.2. The third-order valence-electron chi connectivity index (χ3n) is 3.75. The molecule has 1 saturated carbocycles. The summed E-state index contributed by atoms with van der Waals surface area (Å²) in [6.07, 6.45) is 4.60. The van der Waals surface area contributed by atoms with Gasteiger partial charge in [0.25, 0.3) is 0 Å². The molecule has 0 atom stereocenters. The Morgan fingerprint density at radius 3 is 2.70 bits per heavy atom. The molecular formula is C17H17N3. The lowest BCUT2D eigenvalue weighted by Crippen LogP contribution is -2.07. The van der Waals surface area contributed by atoms with Gasteiger partial charge in [-0.05, 0) is 42.7 Å². The maximum atomic E-state index is 4.60. The number of aryl methyl sites for hydroxylation is 1. The molecule has 4 rings (SSSR count). The van der Waals surface area contributed by atoms with Gasteiger partial charge in [0.1, 0.15) is 0 Å². The van der Waals surface area contributed by atoms with E-state index < -0.39 is 0 Å². The van der Waals surface area contributed by atoms with Crippen molar-refractivity contribution in [3.8, 4) is 5.69 Å². The Morgan fingerprint density at radius 2 is 1.90 bits per heavy atom. The summed E-state index contributed by atoms with van der Waals surface area (Å²) in [5, 5.41) is 6.03. The second-order valence-electron chi connectivity index (χ2n) is 5.53. The van der Waals surface area contributed by atoms with Crippen molar-refractivity contribution in [3.63, 3.8) is 0 Å². The van der Waals surface area contributed by atoms with Crippen LogP contribution in [0.1, 0.15) is 18.5 Å². The SMILES string of the molecule is Cc1cn(-c2ccc3ccccc3c2)c(NC2CC2)n1. The topological polar surface area (TPSA) is 29.9 Å². The first-order valence-corrected chi connectivity index (χ1v) is 7.11. The number of benzene rings is 2. The van der Waals surface area contributed by atoms with Gasteiger partial charge in [-0.3, -0.25) is 4.57 Å². The Labute approximate surface area is 118 Å². The van der Waals surface area contributed by atoms with Crippen molar-refractivity contribution in [2.45, 2.75) is 25.8 Å². The lowest BCUT2D eigenvalue weighted by atomic mass is 10.1. The number of nitrogens with zero attached hydrogens (tertiary/aromatic N) is 2. The summed E-state index contributed by atoms with van der Waals surface area (Å²) in [5.41, 5.74) is 2.20. The Balaban J connectivity index is 1.81. The number of fused-ring (bicyclic) bond motifs is 1. The molecule has 1 aliphatic carbocycles. The first-order valence-electron chi connectivity index (χ1n) is 7.11. The molecule has 3 aromatic rings. The number of imidazole rings is 1. The number of aromatic nitrogens is 2. The normalized spacial score (nSPS) is 14.7. The molecule has 0 unspecified atom stereocenters. The van der Waals surface area contributed by atoms with Gasteiger partial charge < -0.3 is 5.32 Å². The summed E-state index contributed by atoms with van der Waals surface area (Å²) in [5.74, 6) is 0.959. The Hall–Kier alpha value is -2.29. The zero-order valence-electron chi connectivity index (χ0n) is 11.5. The zero-order valence-corrected chi connectivity index (χ0v) is 11.5. The molecule has 3 heteroatoms. The summed E-state index contributed by atoms with van der Waals surface area (Å²) in [6.45, 7) is 2.04. The van der Waals surface area contributed by atoms with E-state index in [1.165, 1.54) is 23.6 Å². The molecule has 2 aromatic carbocycles. The monoisotopic (exact) mass is 263 g/mol. The summed E-state index contributed by atoms with van der Waals surface area (Å²) in [7, 11) is 0. The van der Waals surface area contributed by atoms with Gasteiger partial charge in [-0.1, -0.05) is 30.3 Å². The minimum Gasteiger partial charge on any atom is -0.353 e. The molecule has 20 heavy (non-hydrogen) atoms. The molecule has 0 spiro atoms. The van der Waals surface area contributed by atoms with E-state index in [0.29, 0.717) is 6.04 Å². The fourth-order valence-electron chi connectivity index (χ4n) is 2.53.